The van der Waals surface area contributed by atoms with Crippen molar-refractivity contribution in [2.24, 2.45) is 0 Å². The summed E-state index contributed by atoms with van der Waals surface area (Å²) in [7, 11) is 1.39. The van der Waals surface area contributed by atoms with Crippen LogP contribution in [0.3, 0.4) is 0 Å². The smallest absolute Gasteiger partial charge is 0.403 e. The summed E-state index contributed by atoms with van der Waals surface area (Å²) in [5.41, 5.74) is -0.238. The Hall–Kier alpha value is -1.23. The number of methoxy groups -OCH3 is 1. The van der Waals surface area contributed by atoms with Crippen LogP contribution < -0.4 is 4.74 Å². The summed E-state index contributed by atoms with van der Waals surface area (Å²) < 4.78 is 49.8. The molecule has 1 aliphatic rings. The van der Waals surface area contributed by atoms with Crippen LogP contribution in [0.1, 0.15) is 16.7 Å². The van der Waals surface area contributed by atoms with Crippen LogP contribution in [-0.2, 0) is 10.2 Å². The molecule has 18 heavy (non-hydrogen) atoms. The number of alkyl halides is 3. The normalized spacial score (nSPS) is 18.3. The average molecular weight is 260 g/mol. The van der Waals surface area contributed by atoms with Crippen molar-refractivity contribution in [3.05, 3.63) is 28.8 Å². The highest BCUT2D eigenvalue weighted by Gasteiger charge is 2.62. The Labute approximate surface area is 104 Å². The van der Waals surface area contributed by atoms with E-state index in [1.165, 1.54) is 7.11 Å². The van der Waals surface area contributed by atoms with Crippen LogP contribution in [0.15, 0.2) is 12.1 Å². The predicted molar refractivity (Wildman–Crippen MR) is 61.0 cm³/mol. The summed E-state index contributed by atoms with van der Waals surface area (Å²) in [5, 5.41) is 0. The van der Waals surface area contributed by atoms with E-state index in [9.17, 15) is 13.2 Å². The molecule has 0 saturated carbocycles. The zero-order valence-electron chi connectivity index (χ0n) is 10.5. The first-order valence-corrected chi connectivity index (χ1v) is 5.62. The second-order valence-corrected chi connectivity index (χ2v) is 4.74. The molecule has 0 unspecified atom stereocenters. The van der Waals surface area contributed by atoms with Crippen LogP contribution >= 0.6 is 0 Å². The fraction of sp³-hybridized carbons (Fsp3) is 0.538. The van der Waals surface area contributed by atoms with E-state index in [1.54, 1.807) is 19.9 Å². The molecule has 100 valence electrons. The van der Waals surface area contributed by atoms with Gasteiger partial charge in [0.1, 0.15) is 11.2 Å². The van der Waals surface area contributed by atoms with Crippen LogP contribution in [0.25, 0.3) is 0 Å². The lowest BCUT2D eigenvalue weighted by atomic mass is 9.76. The molecular formula is C13H15F3O2. The molecule has 0 amide bonds. The molecule has 0 aromatic heterocycles. The molecule has 0 radical (unpaired) electrons. The largest absolute Gasteiger partial charge is 0.496 e. The Balaban J connectivity index is 2.62. The number of rotatable bonds is 2. The van der Waals surface area contributed by atoms with Crippen LogP contribution in [0.5, 0.6) is 5.75 Å². The lowest BCUT2D eigenvalue weighted by Crippen LogP contribution is -2.57. The van der Waals surface area contributed by atoms with Crippen molar-refractivity contribution in [3.63, 3.8) is 0 Å². The highest BCUT2D eigenvalue weighted by molar-refractivity contribution is 5.49. The summed E-state index contributed by atoms with van der Waals surface area (Å²) in [6.07, 6.45) is -4.33. The van der Waals surface area contributed by atoms with Gasteiger partial charge in [0, 0.05) is 5.56 Å². The minimum Gasteiger partial charge on any atom is -0.496 e. The lowest BCUT2D eigenvalue weighted by Gasteiger charge is -2.43. The second-order valence-electron chi connectivity index (χ2n) is 4.74. The zero-order chi connectivity index (χ0) is 13.6. The van der Waals surface area contributed by atoms with Gasteiger partial charge in [-0.05, 0) is 19.4 Å². The van der Waals surface area contributed by atoms with Gasteiger partial charge in [-0.25, -0.2) is 0 Å². The first kappa shape index (κ1) is 13.2. The van der Waals surface area contributed by atoms with Gasteiger partial charge in [-0.15, -0.1) is 0 Å². The minimum absolute atomic E-state index is 0.182. The molecular weight excluding hydrogens is 245 g/mol. The van der Waals surface area contributed by atoms with Crippen molar-refractivity contribution in [1.82, 2.24) is 0 Å². The fourth-order valence-electron chi connectivity index (χ4n) is 2.36. The second kappa shape index (κ2) is 4.16. The SMILES string of the molecule is COc1c(C)cc(C)cc1C1(C(F)(F)F)COC1. The summed E-state index contributed by atoms with van der Waals surface area (Å²) >= 11 is 0. The van der Waals surface area contributed by atoms with Crippen molar-refractivity contribution in [2.75, 3.05) is 20.3 Å². The van der Waals surface area contributed by atoms with E-state index in [0.29, 0.717) is 11.3 Å². The summed E-state index contributed by atoms with van der Waals surface area (Å²) in [5.74, 6) is 0.307. The van der Waals surface area contributed by atoms with E-state index in [2.05, 4.69) is 0 Å². The average Bonchev–Trinajstić information content (AvgIpc) is 2.12. The Morgan fingerprint density at radius 3 is 2.22 bits per heavy atom. The first-order chi connectivity index (χ1) is 8.32. The van der Waals surface area contributed by atoms with E-state index in [4.69, 9.17) is 9.47 Å². The summed E-state index contributed by atoms with van der Waals surface area (Å²) in [6.45, 7) is 2.85. The van der Waals surface area contributed by atoms with Gasteiger partial charge in [-0.3, -0.25) is 0 Å². The topological polar surface area (TPSA) is 18.5 Å². The standard InChI is InChI=1S/C13H15F3O2/c1-8-4-9(2)11(17-3)10(5-8)12(6-18-7-12)13(14,15)16/h4-5H,6-7H2,1-3H3. The summed E-state index contributed by atoms with van der Waals surface area (Å²) in [4.78, 5) is 0. The monoisotopic (exact) mass is 260 g/mol. The molecule has 0 spiro atoms. The van der Waals surface area contributed by atoms with Crippen molar-refractivity contribution < 1.29 is 22.6 Å². The van der Waals surface area contributed by atoms with Gasteiger partial charge in [0.25, 0.3) is 0 Å². The molecule has 0 N–H and O–H groups in total. The Kier molecular flexibility index (Phi) is 3.05. The number of hydrogen-bond acceptors (Lipinski definition) is 2. The molecule has 1 aromatic rings. The Morgan fingerprint density at radius 2 is 1.83 bits per heavy atom. The molecule has 1 aromatic carbocycles. The molecule has 1 aliphatic heterocycles. The number of benzene rings is 1. The van der Waals surface area contributed by atoms with Gasteiger partial charge < -0.3 is 9.47 Å². The number of hydrogen-bond donors (Lipinski definition) is 0. The number of aryl methyl sites for hydroxylation is 2. The Bertz CT molecular complexity index is 462. The number of halogens is 3. The van der Waals surface area contributed by atoms with Crippen molar-refractivity contribution in [1.29, 1.82) is 0 Å². The molecule has 2 rings (SSSR count). The maximum absolute atomic E-state index is 13.3. The van der Waals surface area contributed by atoms with E-state index >= 15 is 0 Å². The lowest BCUT2D eigenvalue weighted by molar-refractivity contribution is -0.262. The summed E-state index contributed by atoms with van der Waals surface area (Å²) in [6, 6.07) is 3.35. The minimum atomic E-state index is -4.33. The molecule has 0 bridgehead atoms. The van der Waals surface area contributed by atoms with Gasteiger partial charge in [-0.2, -0.15) is 13.2 Å². The van der Waals surface area contributed by atoms with Gasteiger partial charge in [0.05, 0.1) is 20.3 Å². The van der Waals surface area contributed by atoms with Gasteiger partial charge in [-0.1, -0.05) is 17.7 Å². The van der Waals surface area contributed by atoms with Gasteiger partial charge in [0.2, 0.25) is 0 Å². The highest BCUT2D eigenvalue weighted by atomic mass is 19.4. The van der Waals surface area contributed by atoms with Crippen LogP contribution in [0, 0.1) is 13.8 Å². The molecule has 5 heteroatoms. The molecule has 1 fully saturated rings. The Morgan fingerprint density at radius 1 is 1.22 bits per heavy atom. The fourth-order valence-corrected chi connectivity index (χ4v) is 2.36. The third-order valence-corrected chi connectivity index (χ3v) is 3.38. The van der Waals surface area contributed by atoms with E-state index < -0.39 is 11.6 Å². The molecule has 2 nitrogen and oxygen atoms in total. The molecule has 0 atom stereocenters. The van der Waals surface area contributed by atoms with Crippen LogP contribution in [0.2, 0.25) is 0 Å². The van der Waals surface area contributed by atoms with Crippen molar-refractivity contribution in [3.8, 4) is 5.75 Å². The number of ether oxygens (including phenoxy) is 2. The predicted octanol–water partition coefficient (Wildman–Crippen LogP) is 3.14. The maximum Gasteiger partial charge on any atom is 0.403 e. The molecule has 1 saturated heterocycles. The van der Waals surface area contributed by atoms with Crippen LogP contribution in [0.4, 0.5) is 13.2 Å². The van der Waals surface area contributed by atoms with Crippen molar-refractivity contribution in [2.45, 2.75) is 25.4 Å². The highest BCUT2D eigenvalue weighted by Crippen LogP contribution is 2.50. The van der Waals surface area contributed by atoms with E-state index in [-0.39, 0.29) is 18.8 Å². The van der Waals surface area contributed by atoms with Crippen molar-refractivity contribution >= 4 is 0 Å². The molecule has 1 heterocycles. The molecule has 0 aliphatic carbocycles. The quantitative estimate of drug-likeness (QED) is 0.813. The third kappa shape index (κ3) is 1.77. The van der Waals surface area contributed by atoms with E-state index in [0.717, 1.165) is 5.56 Å². The maximum atomic E-state index is 13.3. The first-order valence-electron chi connectivity index (χ1n) is 5.62. The van der Waals surface area contributed by atoms with Gasteiger partial charge >= 0.3 is 6.18 Å². The van der Waals surface area contributed by atoms with Gasteiger partial charge in [0.15, 0.2) is 0 Å². The van der Waals surface area contributed by atoms with E-state index in [1.807, 2.05) is 6.07 Å². The zero-order valence-corrected chi connectivity index (χ0v) is 10.5. The third-order valence-electron chi connectivity index (χ3n) is 3.38. The van der Waals surface area contributed by atoms with Crippen LogP contribution in [-0.4, -0.2) is 26.5 Å².